The lowest BCUT2D eigenvalue weighted by molar-refractivity contribution is 0.250. The van der Waals surface area contributed by atoms with Crippen molar-refractivity contribution in [3.63, 3.8) is 0 Å². The van der Waals surface area contributed by atoms with Crippen LogP contribution in [0, 0.1) is 6.92 Å². The molecule has 0 aromatic heterocycles. The van der Waals surface area contributed by atoms with Crippen molar-refractivity contribution in [3.8, 4) is 5.75 Å². The fourth-order valence-corrected chi connectivity index (χ4v) is 2.60. The molecular formula is C23H25N3O2. The van der Waals surface area contributed by atoms with Crippen molar-refractivity contribution in [1.82, 2.24) is 5.32 Å². The molecule has 0 aliphatic heterocycles. The number of nitrogens with one attached hydrogen (secondary N) is 3. The standard InChI is InChI=1S/C23H25N3O2/c1-18-8-14-22(15-9-18)28-17-5-16-24-23(27)26-21-12-10-20(11-13-21)25-19-6-3-2-4-7-19/h2-4,6-15,25H,5,16-17H2,1H3,(H2,24,26,27). The third-order valence-corrected chi connectivity index (χ3v) is 4.10. The zero-order valence-corrected chi connectivity index (χ0v) is 15.9. The number of hydrogen-bond acceptors (Lipinski definition) is 3. The lowest BCUT2D eigenvalue weighted by Crippen LogP contribution is -2.30. The summed E-state index contributed by atoms with van der Waals surface area (Å²) < 4.78 is 5.64. The van der Waals surface area contributed by atoms with E-state index in [1.54, 1.807) is 0 Å². The normalized spacial score (nSPS) is 10.2. The molecule has 0 aliphatic carbocycles. The van der Waals surface area contributed by atoms with E-state index in [4.69, 9.17) is 4.74 Å². The van der Waals surface area contributed by atoms with E-state index in [1.165, 1.54) is 5.56 Å². The Morgan fingerprint density at radius 3 is 2.18 bits per heavy atom. The van der Waals surface area contributed by atoms with Gasteiger partial charge in [0.25, 0.3) is 0 Å². The van der Waals surface area contributed by atoms with Gasteiger partial charge >= 0.3 is 6.03 Å². The molecule has 2 amide bonds. The van der Waals surface area contributed by atoms with Crippen LogP contribution in [0.2, 0.25) is 0 Å². The third-order valence-electron chi connectivity index (χ3n) is 4.10. The first-order chi connectivity index (χ1) is 13.7. The molecule has 3 aromatic carbocycles. The molecule has 3 rings (SSSR count). The van der Waals surface area contributed by atoms with Crippen LogP contribution >= 0.6 is 0 Å². The van der Waals surface area contributed by atoms with E-state index in [0.717, 1.165) is 29.2 Å². The minimum atomic E-state index is -0.223. The maximum Gasteiger partial charge on any atom is 0.319 e. The summed E-state index contributed by atoms with van der Waals surface area (Å²) in [6, 6.07) is 25.2. The Balaban J connectivity index is 1.34. The van der Waals surface area contributed by atoms with Crippen molar-refractivity contribution in [2.75, 3.05) is 23.8 Å². The monoisotopic (exact) mass is 375 g/mol. The zero-order valence-electron chi connectivity index (χ0n) is 15.9. The van der Waals surface area contributed by atoms with Gasteiger partial charge in [-0.15, -0.1) is 0 Å². The third kappa shape index (κ3) is 6.36. The smallest absolute Gasteiger partial charge is 0.319 e. The SMILES string of the molecule is Cc1ccc(OCCCNC(=O)Nc2ccc(Nc3ccccc3)cc2)cc1. The van der Waals surface area contributed by atoms with Crippen LogP contribution in [0.3, 0.4) is 0 Å². The van der Waals surface area contributed by atoms with Crippen molar-refractivity contribution >= 4 is 23.1 Å². The molecule has 0 saturated carbocycles. The van der Waals surface area contributed by atoms with E-state index in [-0.39, 0.29) is 6.03 Å². The number of urea groups is 1. The Hall–Kier alpha value is -3.47. The van der Waals surface area contributed by atoms with Crippen LogP contribution in [0.15, 0.2) is 78.9 Å². The number of amides is 2. The molecule has 0 fully saturated rings. The van der Waals surface area contributed by atoms with Crippen LogP contribution in [0.4, 0.5) is 21.9 Å². The Bertz CT molecular complexity index is 863. The minimum Gasteiger partial charge on any atom is -0.494 e. The molecule has 0 aliphatic rings. The number of carbonyl (C=O) groups is 1. The highest BCUT2D eigenvalue weighted by Crippen LogP contribution is 2.18. The van der Waals surface area contributed by atoms with E-state index in [0.29, 0.717) is 13.2 Å². The molecule has 144 valence electrons. The van der Waals surface area contributed by atoms with E-state index in [1.807, 2.05) is 85.8 Å². The predicted molar refractivity (Wildman–Crippen MR) is 114 cm³/mol. The molecule has 5 heteroatoms. The summed E-state index contributed by atoms with van der Waals surface area (Å²) in [5.41, 5.74) is 3.93. The van der Waals surface area contributed by atoms with Gasteiger partial charge in [-0.05, 0) is 61.9 Å². The highest BCUT2D eigenvalue weighted by molar-refractivity contribution is 5.89. The second-order valence-electron chi connectivity index (χ2n) is 6.46. The summed E-state index contributed by atoms with van der Waals surface area (Å²) in [6.45, 7) is 3.15. The van der Waals surface area contributed by atoms with Crippen LogP contribution in [0.25, 0.3) is 0 Å². The predicted octanol–water partition coefficient (Wildman–Crippen LogP) is 5.33. The zero-order chi connectivity index (χ0) is 19.6. The van der Waals surface area contributed by atoms with Crippen LogP contribution in [0.5, 0.6) is 5.75 Å². The van der Waals surface area contributed by atoms with E-state index in [2.05, 4.69) is 16.0 Å². The number of aryl methyl sites for hydroxylation is 1. The fraction of sp³-hybridized carbons (Fsp3) is 0.174. The van der Waals surface area contributed by atoms with Crippen molar-refractivity contribution in [1.29, 1.82) is 0 Å². The Kier molecular flexibility index (Phi) is 6.90. The number of ether oxygens (including phenoxy) is 1. The summed E-state index contributed by atoms with van der Waals surface area (Å²) in [7, 11) is 0. The Morgan fingerprint density at radius 1 is 0.821 bits per heavy atom. The number of rotatable bonds is 8. The Labute approximate surface area is 165 Å². The van der Waals surface area contributed by atoms with E-state index >= 15 is 0 Å². The molecule has 28 heavy (non-hydrogen) atoms. The van der Waals surface area contributed by atoms with Gasteiger partial charge in [0.1, 0.15) is 5.75 Å². The molecule has 3 N–H and O–H groups in total. The van der Waals surface area contributed by atoms with Crippen molar-refractivity contribution in [2.24, 2.45) is 0 Å². The van der Waals surface area contributed by atoms with E-state index in [9.17, 15) is 4.79 Å². The first-order valence-electron chi connectivity index (χ1n) is 9.35. The summed E-state index contributed by atoms with van der Waals surface area (Å²) in [4.78, 5) is 12.0. The number of benzene rings is 3. The Morgan fingerprint density at radius 2 is 1.46 bits per heavy atom. The van der Waals surface area contributed by atoms with Gasteiger partial charge in [-0.25, -0.2) is 4.79 Å². The maximum absolute atomic E-state index is 12.0. The van der Waals surface area contributed by atoms with Gasteiger partial charge in [0.2, 0.25) is 0 Å². The maximum atomic E-state index is 12.0. The number of carbonyl (C=O) groups excluding carboxylic acids is 1. The van der Waals surface area contributed by atoms with Crippen molar-refractivity contribution in [3.05, 3.63) is 84.4 Å². The number of hydrogen-bond donors (Lipinski definition) is 3. The van der Waals surface area contributed by atoms with Gasteiger partial charge in [0.15, 0.2) is 0 Å². The quantitative estimate of drug-likeness (QED) is 0.466. The lowest BCUT2D eigenvalue weighted by Gasteiger charge is -2.10. The molecule has 0 heterocycles. The van der Waals surface area contributed by atoms with Crippen LogP contribution < -0.4 is 20.7 Å². The van der Waals surface area contributed by atoms with Gasteiger partial charge in [-0.2, -0.15) is 0 Å². The molecular weight excluding hydrogens is 350 g/mol. The second-order valence-corrected chi connectivity index (χ2v) is 6.46. The molecule has 0 atom stereocenters. The summed E-state index contributed by atoms with van der Waals surface area (Å²) in [5, 5.41) is 8.97. The molecule has 3 aromatic rings. The highest BCUT2D eigenvalue weighted by Gasteiger charge is 2.02. The molecule has 0 bridgehead atoms. The largest absolute Gasteiger partial charge is 0.494 e. The molecule has 0 saturated heterocycles. The average molecular weight is 375 g/mol. The van der Waals surface area contributed by atoms with Gasteiger partial charge in [0, 0.05) is 23.6 Å². The lowest BCUT2D eigenvalue weighted by atomic mass is 10.2. The minimum absolute atomic E-state index is 0.223. The number of para-hydroxylation sites is 1. The summed E-state index contributed by atoms with van der Waals surface area (Å²) in [6.07, 6.45) is 0.737. The van der Waals surface area contributed by atoms with Crippen molar-refractivity contribution in [2.45, 2.75) is 13.3 Å². The fourth-order valence-electron chi connectivity index (χ4n) is 2.60. The van der Waals surface area contributed by atoms with Crippen LogP contribution in [-0.2, 0) is 0 Å². The summed E-state index contributed by atoms with van der Waals surface area (Å²) in [5.74, 6) is 0.847. The van der Waals surface area contributed by atoms with Crippen LogP contribution in [-0.4, -0.2) is 19.2 Å². The average Bonchev–Trinajstić information content (AvgIpc) is 2.71. The molecule has 0 radical (unpaired) electrons. The van der Waals surface area contributed by atoms with Gasteiger partial charge < -0.3 is 20.7 Å². The van der Waals surface area contributed by atoms with Gasteiger partial charge in [0.05, 0.1) is 6.61 Å². The summed E-state index contributed by atoms with van der Waals surface area (Å²) >= 11 is 0. The first kappa shape index (κ1) is 19.3. The van der Waals surface area contributed by atoms with Gasteiger partial charge in [-0.1, -0.05) is 35.9 Å². The molecule has 0 spiro atoms. The van der Waals surface area contributed by atoms with E-state index < -0.39 is 0 Å². The van der Waals surface area contributed by atoms with Gasteiger partial charge in [-0.3, -0.25) is 0 Å². The topological polar surface area (TPSA) is 62.4 Å². The number of anilines is 3. The van der Waals surface area contributed by atoms with Crippen molar-refractivity contribution < 1.29 is 9.53 Å². The second kappa shape index (κ2) is 10.0. The first-order valence-corrected chi connectivity index (χ1v) is 9.35. The molecule has 0 unspecified atom stereocenters. The highest BCUT2D eigenvalue weighted by atomic mass is 16.5. The van der Waals surface area contributed by atoms with Crippen LogP contribution in [0.1, 0.15) is 12.0 Å². The molecule has 5 nitrogen and oxygen atoms in total.